The zero-order valence-corrected chi connectivity index (χ0v) is 10.9. The fraction of sp³-hybridized carbons (Fsp3) is 0.467. The molecule has 1 aromatic rings. The molecule has 0 bridgehead atoms. The highest BCUT2D eigenvalue weighted by Crippen LogP contribution is 2.12. The molecule has 0 amide bonds. The summed E-state index contributed by atoms with van der Waals surface area (Å²) < 4.78 is 5.49. The van der Waals surface area contributed by atoms with Crippen molar-refractivity contribution in [1.82, 2.24) is 5.32 Å². The number of hydrogen-bond donors (Lipinski definition) is 2. The lowest BCUT2D eigenvalue weighted by molar-refractivity contribution is 0.107. The molecule has 0 heterocycles. The Labute approximate surface area is 109 Å². The lowest BCUT2D eigenvalue weighted by Crippen LogP contribution is -2.31. The van der Waals surface area contributed by atoms with Gasteiger partial charge in [-0.05, 0) is 24.1 Å². The molecule has 3 nitrogen and oxygen atoms in total. The van der Waals surface area contributed by atoms with E-state index in [1.165, 1.54) is 5.56 Å². The van der Waals surface area contributed by atoms with Crippen LogP contribution >= 0.6 is 0 Å². The van der Waals surface area contributed by atoms with Gasteiger partial charge < -0.3 is 15.2 Å². The molecular weight excluding hydrogens is 226 g/mol. The van der Waals surface area contributed by atoms with Crippen molar-refractivity contribution < 1.29 is 9.84 Å². The van der Waals surface area contributed by atoms with Crippen LogP contribution in [0.2, 0.25) is 0 Å². The zero-order chi connectivity index (χ0) is 13.2. The van der Waals surface area contributed by atoms with Crippen molar-refractivity contribution in [2.75, 3.05) is 19.7 Å². The number of ether oxygens (including phenoxy) is 1. The minimum absolute atomic E-state index is 0.286. The molecule has 0 spiro atoms. The van der Waals surface area contributed by atoms with Gasteiger partial charge in [-0.1, -0.05) is 19.1 Å². The van der Waals surface area contributed by atoms with Crippen LogP contribution in [0.15, 0.2) is 24.3 Å². The number of aryl methyl sites for hydroxylation is 1. The normalized spacial score (nSPS) is 11.8. The quantitative estimate of drug-likeness (QED) is 0.541. The van der Waals surface area contributed by atoms with E-state index in [0.29, 0.717) is 13.0 Å². The summed E-state index contributed by atoms with van der Waals surface area (Å²) in [4.78, 5) is 0. The number of aliphatic hydroxyl groups excluding tert-OH is 1. The Kier molecular flexibility index (Phi) is 6.93. The smallest absolute Gasteiger partial charge is 0.119 e. The van der Waals surface area contributed by atoms with Crippen LogP contribution in [-0.2, 0) is 6.42 Å². The van der Waals surface area contributed by atoms with Gasteiger partial charge in [-0.2, -0.15) is 0 Å². The summed E-state index contributed by atoms with van der Waals surface area (Å²) in [5.74, 6) is 3.32. The van der Waals surface area contributed by atoms with Crippen LogP contribution in [-0.4, -0.2) is 30.9 Å². The van der Waals surface area contributed by atoms with Crippen molar-refractivity contribution in [2.45, 2.75) is 25.9 Å². The lowest BCUT2D eigenvalue weighted by Gasteiger charge is -2.13. The highest BCUT2D eigenvalue weighted by Gasteiger charge is 2.04. The molecule has 0 radical (unpaired) electrons. The number of rotatable bonds is 8. The largest absolute Gasteiger partial charge is 0.491 e. The van der Waals surface area contributed by atoms with Crippen molar-refractivity contribution in [2.24, 2.45) is 0 Å². The molecule has 0 aliphatic rings. The van der Waals surface area contributed by atoms with Crippen LogP contribution in [0.25, 0.3) is 0 Å². The zero-order valence-electron chi connectivity index (χ0n) is 10.9. The lowest BCUT2D eigenvalue weighted by atomic mass is 10.2. The van der Waals surface area contributed by atoms with E-state index in [1.807, 2.05) is 24.3 Å². The van der Waals surface area contributed by atoms with E-state index in [1.54, 1.807) is 0 Å². The van der Waals surface area contributed by atoms with Gasteiger partial charge in [0.25, 0.3) is 0 Å². The van der Waals surface area contributed by atoms with Gasteiger partial charge in [-0.3, -0.25) is 0 Å². The van der Waals surface area contributed by atoms with Crippen molar-refractivity contribution in [3.8, 4) is 18.1 Å². The fourth-order valence-electron chi connectivity index (χ4n) is 1.50. The third-order valence-electron chi connectivity index (χ3n) is 2.60. The molecule has 0 saturated heterocycles. The number of nitrogens with one attached hydrogen (secondary N) is 1. The Morgan fingerprint density at radius 1 is 1.39 bits per heavy atom. The molecule has 0 aromatic heterocycles. The molecule has 1 rings (SSSR count). The maximum Gasteiger partial charge on any atom is 0.119 e. The third kappa shape index (κ3) is 5.72. The molecule has 0 aliphatic carbocycles. The first-order valence-corrected chi connectivity index (χ1v) is 6.30. The summed E-state index contributed by atoms with van der Waals surface area (Å²) in [5, 5.41) is 12.7. The fourth-order valence-corrected chi connectivity index (χ4v) is 1.50. The predicted octanol–water partition coefficient (Wildman–Crippen LogP) is 1.60. The van der Waals surface area contributed by atoms with Gasteiger partial charge in [0.05, 0.1) is 0 Å². The molecule has 98 valence electrons. The van der Waals surface area contributed by atoms with Gasteiger partial charge in [0.2, 0.25) is 0 Å². The minimum Gasteiger partial charge on any atom is -0.491 e. The summed E-state index contributed by atoms with van der Waals surface area (Å²) >= 11 is 0. The van der Waals surface area contributed by atoms with Crippen LogP contribution in [0.4, 0.5) is 0 Å². The van der Waals surface area contributed by atoms with Gasteiger partial charge >= 0.3 is 0 Å². The Balaban J connectivity index is 2.20. The molecule has 1 unspecified atom stereocenters. The summed E-state index contributed by atoms with van der Waals surface area (Å²) in [5.41, 5.74) is 1.28. The SMILES string of the molecule is C#CCCNCC(O)COc1ccc(CC)cc1. The molecule has 0 fully saturated rings. The second-order valence-electron chi connectivity index (χ2n) is 4.12. The molecule has 0 saturated carbocycles. The monoisotopic (exact) mass is 247 g/mol. The molecule has 3 heteroatoms. The van der Waals surface area contributed by atoms with E-state index < -0.39 is 6.10 Å². The van der Waals surface area contributed by atoms with Crippen LogP contribution in [0.5, 0.6) is 5.75 Å². The first kappa shape index (κ1) is 14.6. The van der Waals surface area contributed by atoms with E-state index in [9.17, 15) is 5.11 Å². The van der Waals surface area contributed by atoms with Crippen molar-refractivity contribution in [3.63, 3.8) is 0 Å². The van der Waals surface area contributed by atoms with Crippen LogP contribution < -0.4 is 10.1 Å². The number of terminal acetylenes is 1. The van der Waals surface area contributed by atoms with E-state index in [2.05, 4.69) is 18.2 Å². The van der Waals surface area contributed by atoms with Gasteiger partial charge in [0, 0.05) is 19.5 Å². The predicted molar refractivity (Wildman–Crippen MR) is 73.6 cm³/mol. The maximum atomic E-state index is 9.67. The summed E-state index contributed by atoms with van der Waals surface area (Å²) in [6, 6.07) is 7.93. The molecular formula is C15H21NO2. The topological polar surface area (TPSA) is 41.5 Å². The Bertz CT molecular complexity index is 367. The maximum absolute atomic E-state index is 9.67. The number of aliphatic hydroxyl groups is 1. The molecule has 1 atom stereocenters. The van der Waals surface area contributed by atoms with Crippen LogP contribution in [0.3, 0.4) is 0 Å². The number of benzene rings is 1. The second-order valence-corrected chi connectivity index (χ2v) is 4.12. The first-order valence-electron chi connectivity index (χ1n) is 6.30. The molecule has 2 N–H and O–H groups in total. The van der Waals surface area contributed by atoms with E-state index in [4.69, 9.17) is 11.2 Å². The Hall–Kier alpha value is -1.50. The standard InChI is InChI=1S/C15H21NO2/c1-3-5-10-16-11-14(17)12-18-15-8-6-13(4-2)7-9-15/h1,6-9,14,16-17H,4-5,10-12H2,2H3. The van der Waals surface area contributed by atoms with Crippen LogP contribution in [0.1, 0.15) is 18.9 Å². The Morgan fingerprint density at radius 3 is 2.72 bits per heavy atom. The van der Waals surface area contributed by atoms with E-state index in [-0.39, 0.29) is 6.61 Å². The molecule has 18 heavy (non-hydrogen) atoms. The van der Waals surface area contributed by atoms with Gasteiger partial charge in [0.1, 0.15) is 18.5 Å². The van der Waals surface area contributed by atoms with Crippen LogP contribution in [0, 0.1) is 12.3 Å². The van der Waals surface area contributed by atoms with Crippen molar-refractivity contribution in [3.05, 3.63) is 29.8 Å². The number of hydrogen-bond acceptors (Lipinski definition) is 3. The summed E-state index contributed by atoms with van der Waals surface area (Å²) in [6.45, 7) is 3.61. The Morgan fingerprint density at radius 2 is 2.11 bits per heavy atom. The average Bonchev–Trinajstić information content (AvgIpc) is 2.42. The first-order chi connectivity index (χ1) is 8.76. The highest BCUT2D eigenvalue weighted by atomic mass is 16.5. The molecule has 0 aliphatic heterocycles. The van der Waals surface area contributed by atoms with E-state index >= 15 is 0 Å². The second kappa shape index (κ2) is 8.57. The van der Waals surface area contributed by atoms with Gasteiger partial charge in [0.15, 0.2) is 0 Å². The van der Waals surface area contributed by atoms with Gasteiger partial charge in [-0.15, -0.1) is 12.3 Å². The van der Waals surface area contributed by atoms with Crippen molar-refractivity contribution >= 4 is 0 Å². The van der Waals surface area contributed by atoms with E-state index in [0.717, 1.165) is 18.7 Å². The van der Waals surface area contributed by atoms with Gasteiger partial charge in [-0.25, -0.2) is 0 Å². The third-order valence-corrected chi connectivity index (χ3v) is 2.60. The summed E-state index contributed by atoms with van der Waals surface area (Å²) in [6.07, 6.45) is 6.30. The summed E-state index contributed by atoms with van der Waals surface area (Å²) in [7, 11) is 0. The molecule has 1 aromatic carbocycles. The minimum atomic E-state index is -0.520. The highest BCUT2D eigenvalue weighted by molar-refractivity contribution is 5.27. The average molecular weight is 247 g/mol. The van der Waals surface area contributed by atoms with Crippen molar-refractivity contribution in [1.29, 1.82) is 0 Å².